The van der Waals surface area contributed by atoms with Crippen LogP contribution in [-0.4, -0.2) is 10.1 Å². The maximum atomic E-state index is 9.98. The summed E-state index contributed by atoms with van der Waals surface area (Å²) in [7, 11) is 0. The summed E-state index contributed by atoms with van der Waals surface area (Å²) in [4.78, 5) is 5.07. The molecule has 74 valence electrons. The highest BCUT2D eigenvalue weighted by Crippen LogP contribution is 2.34. The normalized spacial score (nSPS) is 13.1. The van der Waals surface area contributed by atoms with E-state index < -0.39 is 6.10 Å². The molecule has 0 saturated heterocycles. The van der Waals surface area contributed by atoms with Gasteiger partial charge in [-0.25, -0.2) is 4.98 Å². The van der Waals surface area contributed by atoms with E-state index in [-0.39, 0.29) is 0 Å². The lowest BCUT2D eigenvalue weighted by Crippen LogP contribution is -1.96. The Hall–Kier alpha value is 0.250. The molecule has 0 bridgehead atoms. The predicted octanol–water partition coefficient (Wildman–Crippen LogP) is 3.81. The minimum atomic E-state index is -0.624. The van der Waals surface area contributed by atoms with Crippen LogP contribution in [-0.2, 0) is 0 Å². The maximum absolute atomic E-state index is 9.98. The molecular weight excluding hydrogens is 350 g/mol. The fourth-order valence-corrected chi connectivity index (χ4v) is 3.91. The highest BCUT2D eigenvalue weighted by molar-refractivity contribution is 9.10. The second kappa shape index (κ2) is 4.40. The van der Waals surface area contributed by atoms with Crippen molar-refractivity contribution >= 4 is 54.5 Å². The van der Waals surface area contributed by atoms with Gasteiger partial charge in [-0.3, -0.25) is 0 Å². The van der Waals surface area contributed by atoms with Crippen molar-refractivity contribution in [2.45, 2.75) is 6.10 Å². The average molecular weight is 355 g/mol. The van der Waals surface area contributed by atoms with Crippen molar-refractivity contribution < 1.29 is 5.11 Å². The first-order valence-electron chi connectivity index (χ1n) is 3.70. The van der Waals surface area contributed by atoms with Crippen LogP contribution in [0.25, 0.3) is 0 Å². The number of aliphatic hydroxyl groups is 1. The Kier molecular flexibility index (Phi) is 3.38. The van der Waals surface area contributed by atoms with Crippen LogP contribution in [0.1, 0.15) is 16.0 Å². The number of thiophene rings is 1. The third-order valence-corrected chi connectivity index (χ3v) is 5.15. The Morgan fingerprint density at radius 2 is 2.14 bits per heavy atom. The standard InChI is InChI=1S/C8H5Br2NOS2/c9-4-1-2-13-7(4)6(12)8-11-5(10)3-14-8/h1-3,6,12H. The molecule has 2 aromatic heterocycles. The third-order valence-electron chi connectivity index (χ3n) is 1.62. The first-order chi connectivity index (χ1) is 6.68. The smallest absolute Gasteiger partial charge is 0.141 e. The molecule has 0 radical (unpaired) electrons. The topological polar surface area (TPSA) is 33.1 Å². The number of aromatic nitrogens is 1. The van der Waals surface area contributed by atoms with Crippen LogP contribution in [0.2, 0.25) is 0 Å². The minimum Gasteiger partial charge on any atom is -0.380 e. The van der Waals surface area contributed by atoms with E-state index in [2.05, 4.69) is 36.8 Å². The second-order valence-corrected chi connectivity index (χ2v) is 6.05. The highest BCUT2D eigenvalue weighted by atomic mass is 79.9. The Labute approximate surface area is 106 Å². The molecule has 0 aliphatic rings. The SMILES string of the molecule is OC(c1nc(Br)cs1)c1sccc1Br. The lowest BCUT2D eigenvalue weighted by Gasteiger charge is -2.04. The van der Waals surface area contributed by atoms with E-state index in [9.17, 15) is 5.11 Å². The van der Waals surface area contributed by atoms with Crippen molar-refractivity contribution in [1.82, 2.24) is 4.98 Å². The highest BCUT2D eigenvalue weighted by Gasteiger charge is 2.17. The summed E-state index contributed by atoms with van der Waals surface area (Å²) in [6.45, 7) is 0. The fourth-order valence-electron chi connectivity index (χ4n) is 1.01. The zero-order valence-electron chi connectivity index (χ0n) is 6.78. The van der Waals surface area contributed by atoms with Crippen molar-refractivity contribution in [3.63, 3.8) is 0 Å². The largest absolute Gasteiger partial charge is 0.380 e. The van der Waals surface area contributed by atoms with E-state index in [0.717, 1.165) is 14.0 Å². The number of aliphatic hydroxyl groups excluding tert-OH is 1. The molecule has 0 aliphatic carbocycles. The van der Waals surface area contributed by atoms with Gasteiger partial charge < -0.3 is 5.11 Å². The quantitative estimate of drug-likeness (QED) is 0.889. The van der Waals surface area contributed by atoms with E-state index in [1.54, 1.807) is 0 Å². The first-order valence-corrected chi connectivity index (χ1v) is 7.05. The number of hydrogen-bond acceptors (Lipinski definition) is 4. The molecule has 0 amide bonds. The molecule has 0 fully saturated rings. The van der Waals surface area contributed by atoms with E-state index >= 15 is 0 Å². The first kappa shape index (κ1) is 10.8. The Balaban J connectivity index is 2.33. The monoisotopic (exact) mass is 353 g/mol. The van der Waals surface area contributed by atoms with Gasteiger partial charge in [-0.05, 0) is 43.3 Å². The van der Waals surface area contributed by atoms with Crippen molar-refractivity contribution in [1.29, 1.82) is 0 Å². The van der Waals surface area contributed by atoms with Gasteiger partial charge >= 0.3 is 0 Å². The molecule has 6 heteroatoms. The van der Waals surface area contributed by atoms with Gasteiger partial charge in [0, 0.05) is 9.85 Å². The van der Waals surface area contributed by atoms with Crippen molar-refractivity contribution in [3.05, 3.63) is 35.8 Å². The summed E-state index contributed by atoms with van der Waals surface area (Å²) < 4.78 is 1.70. The predicted molar refractivity (Wildman–Crippen MR) is 65.9 cm³/mol. The van der Waals surface area contributed by atoms with Gasteiger partial charge in [-0.15, -0.1) is 22.7 Å². The Morgan fingerprint density at radius 3 is 2.64 bits per heavy atom. The molecule has 14 heavy (non-hydrogen) atoms. The molecule has 2 heterocycles. The Morgan fingerprint density at radius 1 is 1.36 bits per heavy atom. The average Bonchev–Trinajstić information content (AvgIpc) is 2.73. The number of halogens is 2. The minimum absolute atomic E-state index is 0.624. The maximum Gasteiger partial charge on any atom is 0.141 e. The molecule has 1 atom stereocenters. The number of nitrogens with zero attached hydrogens (tertiary/aromatic N) is 1. The van der Waals surface area contributed by atoms with Crippen LogP contribution in [0, 0.1) is 0 Å². The molecule has 2 aromatic rings. The number of hydrogen-bond donors (Lipinski definition) is 1. The molecule has 0 aromatic carbocycles. The van der Waals surface area contributed by atoms with Gasteiger partial charge in [0.1, 0.15) is 15.7 Å². The van der Waals surface area contributed by atoms with Gasteiger partial charge in [0.05, 0.1) is 4.88 Å². The molecule has 0 spiro atoms. The van der Waals surface area contributed by atoms with Crippen molar-refractivity contribution in [2.75, 3.05) is 0 Å². The van der Waals surface area contributed by atoms with Crippen LogP contribution in [0.3, 0.4) is 0 Å². The number of thiazole rings is 1. The van der Waals surface area contributed by atoms with Gasteiger partial charge in [0.15, 0.2) is 0 Å². The summed E-state index contributed by atoms with van der Waals surface area (Å²) in [6.07, 6.45) is -0.624. The Bertz CT molecular complexity index is 440. The molecule has 1 unspecified atom stereocenters. The third kappa shape index (κ3) is 2.09. The molecule has 0 aliphatic heterocycles. The zero-order chi connectivity index (χ0) is 10.1. The summed E-state index contributed by atoms with van der Waals surface area (Å²) in [5, 5.41) is 14.5. The van der Waals surface area contributed by atoms with Gasteiger partial charge in [0.25, 0.3) is 0 Å². The van der Waals surface area contributed by atoms with E-state index in [1.165, 1.54) is 22.7 Å². The summed E-state index contributed by atoms with van der Waals surface area (Å²) in [6, 6.07) is 1.92. The van der Waals surface area contributed by atoms with Gasteiger partial charge in [-0.1, -0.05) is 0 Å². The van der Waals surface area contributed by atoms with Gasteiger partial charge in [0.2, 0.25) is 0 Å². The zero-order valence-corrected chi connectivity index (χ0v) is 11.6. The summed E-state index contributed by atoms with van der Waals surface area (Å²) in [5.41, 5.74) is 0. The second-order valence-electron chi connectivity index (χ2n) is 2.54. The van der Waals surface area contributed by atoms with Crippen molar-refractivity contribution in [2.24, 2.45) is 0 Å². The molecule has 0 saturated carbocycles. The molecule has 2 rings (SSSR count). The molecule has 1 N–H and O–H groups in total. The molecule has 2 nitrogen and oxygen atoms in total. The van der Waals surface area contributed by atoms with Crippen LogP contribution < -0.4 is 0 Å². The van der Waals surface area contributed by atoms with Crippen molar-refractivity contribution in [3.8, 4) is 0 Å². The van der Waals surface area contributed by atoms with E-state index in [0.29, 0.717) is 5.01 Å². The molecular formula is C8H5Br2NOS2. The van der Waals surface area contributed by atoms with Crippen LogP contribution in [0.4, 0.5) is 0 Å². The fraction of sp³-hybridized carbons (Fsp3) is 0.125. The van der Waals surface area contributed by atoms with Gasteiger partial charge in [-0.2, -0.15) is 0 Å². The lowest BCUT2D eigenvalue weighted by molar-refractivity contribution is 0.223. The van der Waals surface area contributed by atoms with Crippen LogP contribution in [0.15, 0.2) is 25.9 Å². The van der Waals surface area contributed by atoms with Crippen LogP contribution in [0.5, 0.6) is 0 Å². The van der Waals surface area contributed by atoms with Crippen LogP contribution >= 0.6 is 54.5 Å². The summed E-state index contributed by atoms with van der Waals surface area (Å²) >= 11 is 9.61. The summed E-state index contributed by atoms with van der Waals surface area (Å²) in [5.74, 6) is 0. The van der Waals surface area contributed by atoms with E-state index in [4.69, 9.17) is 0 Å². The van der Waals surface area contributed by atoms with E-state index in [1.807, 2.05) is 16.8 Å². The lowest BCUT2D eigenvalue weighted by atomic mass is 10.3. The number of rotatable bonds is 2.